The highest BCUT2D eigenvalue weighted by Crippen LogP contribution is 2.38. The average Bonchev–Trinajstić information content (AvgIpc) is 2.76. The van der Waals surface area contributed by atoms with Crippen molar-refractivity contribution >= 4 is 9.47 Å². The minimum absolute atomic E-state index is 0.0278. The summed E-state index contributed by atoms with van der Waals surface area (Å²) in [5.41, 5.74) is 0.980. The van der Waals surface area contributed by atoms with Crippen LogP contribution in [0.2, 0.25) is 0 Å². The van der Waals surface area contributed by atoms with Crippen molar-refractivity contribution in [3.8, 4) is 0 Å². The summed E-state index contributed by atoms with van der Waals surface area (Å²) in [6.45, 7) is 4.20. The van der Waals surface area contributed by atoms with Gasteiger partial charge in [-0.2, -0.15) is 5.10 Å². The standard InChI is InChI=1S/C9H15N2O2P/c1-5-6(2)12-9(8(5)13-14)7-3-4-10-11-7/h3-6,8-9H,14H2,1-2H3,(H,10,11)/t5-,6-,8-,9?/m0/s1. The van der Waals surface area contributed by atoms with Crippen LogP contribution in [0.3, 0.4) is 0 Å². The summed E-state index contributed by atoms with van der Waals surface area (Å²) in [6.07, 6.45) is 2.00. The summed E-state index contributed by atoms with van der Waals surface area (Å²) < 4.78 is 11.2. The zero-order chi connectivity index (χ0) is 10.1. The fourth-order valence-corrected chi connectivity index (χ4v) is 2.24. The molecule has 0 bridgehead atoms. The van der Waals surface area contributed by atoms with Crippen molar-refractivity contribution in [1.29, 1.82) is 0 Å². The molecule has 2 heterocycles. The van der Waals surface area contributed by atoms with Gasteiger partial charge in [0.05, 0.1) is 17.9 Å². The molecule has 2 unspecified atom stereocenters. The average molecular weight is 214 g/mol. The van der Waals surface area contributed by atoms with E-state index in [1.165, 1.54) is 0 Å². The van der Waals surface area contributed by atoms with Gasteiger partial charge in [-0.3, -0.25) is 5.10 Å². The third-order valence-corrected chi connectivity index (χ3v) is 3.22. The fraction of sp³-hybridized carbons (Fsp3) is 0.667. The van der Waals surface area contributed by atoms with Crippen LogP contribution < -0.4 is 0 Å². The molecule has 0 aliphatic carbocycles. The highest BCUT2D eigenvalue weighted by Gasteiger charge is 2.41. The van der Waals surface area contributed by atoms with Gasteiger partial charge in [0.25, 0.3) is 0 Å². The van der Waals surface area contributed by atoms with Gasteiger partial charge >= 0.3 is 0 Å². The zero-order valence-electron chi connectivity index (χ0n) is 8.31. The van der Waals surface area contributed by atoms with E-state index in [0.717, 1.165) is 5.69 Å². The van der Waals surface area contributed by atoms with E-state index in [1.54, 1.807) is 6.20 Å². The molecule has 0 aromatic carbocycles. The molecule has 1 saturated heterocycles. The number of H-pyrrole nitrogens is 1. The molecule has 0 radical (unpaired) electrons. The lowest BCUT2D eigenvalue weighted by Crippen LogP contribution is -2.21. The Labute approximate surface area is 85.7 Å². The molecule has 0 saturated carbocycles. The van der Waals surface area contributed by atoms with Gasteiger partial charge in [0.2, 0.25) is 0 Å². The minimum Gasteiger partial charge on any atom is -0.366 e. The van der Waals surface area contributed by atoms with Crippen LogP contribution in [0.15, 0.2) is 12.3 Å². The zero-order valence-corrected chi connectivity index (χ0v) is 9.46. The Kier molecular flexibility index (Phi) is 2.86. The number of hydrogen-bond donors (Lipinski definition) is 1. The second kappa shape index (κ2) is 3.97. The fourth-order valence-electron chi connectivity index (χ4n) is 1.85. The van der Waals surface area contributed by atoms with Crippen molar-refractivity contribution < 1.29 is 9.26 Å². The minimum atomic E-state index is -0.0278. The van der Waals surface area contributed by atoms with Crippen molar-refractivity contribution in [3.05, 3.63) is 18.0 Å². The molecule has 78 valence electrons. The number of nitrogens with zero attached hydrogens (tertiary/aromatic N) is 1. The molecule has 0 spiro atoms. The lowest BCUT2D eigenvalue weighted by atomic mass is 9.98. The highest BCUT2D eigenvalue weighted by atomic mass is 31.0. The summed E-state index contributed by atoms with van der Waals surface area (Å²) in [5, 5.41) is 6.84. The predicted octanol–water partition coefficient (Wildman–Crippen LogP) is 1.68. The molecule has 1 N–H and O–H groups in total. The van der Waals surface area contributed by atoms with Gasteiger partial charge in [0.15, 0.2) is 0 Å². The summed E-state index contributed by atoms with van der Waals surface area (Å²) in [4.78, 5) is 0. The van der Waals surface area contributed by atoms with E-state index in [4.69, 9.17) is 9.26 Å². The first-order valence-electron chi connectivity index (χ1n) is 4.74. The molecular formula is C9H15N2O2P. The summed E-state index contributed by atoms with van der Waals surface area (Å²) in [6, 6.07) is 1.92. The van der Waals surface area contributed by atoms with Gasteiger partial charge < -0.3 is 9.26 Å². The van der Waals surface area contributed by atoms with Crippen LogP contribution in [0.25, 0.3) is 0 Å². The summed E-state index contributed by atoms with van der Waals surface area (Å²) >= 11 is 0. The molecule has 4 nitrogen and oxygen atoms in total. The van der Waals surface area contributed by atoms with Crippen LogP contribution in [0, 0.1) is 5.92 Å². The van der Waals surface area contributed by atoms with Crippen molar-refractivity contribution in [2.45, 2.75) is 32.2 Å². The van der Waals surface area contributed by atoms with Crippen LogP contribution in [-0.2, 0) is 9.26 Å². The quantitative estimate of drug-likeness (QED) is 0.762. The molecule has 2 rings (SSSR count). The topological polar surface area (TPSA) is 47.1 Å². The van der Waals surface area contributed by atoms with Crippen molar-refractivity contribution in [3.63, 3.8) is 0 Å². The first-order chi connectivity index (χ1) is 6.74. The second-order valence-electron chi connectivity index (χ2n) is 3.73. The highest BCUT2D eigenvalue weighted by molar-refractivity contribution is 7.09. The van der Waals surface area contributed by atoms with Crippen molar-refractivity contribution in [2.75, 3.05) is 0 Å². The third kappa shape index (κ3) is 1.58. The molecule has 1 aliphatic rings. The number of ether oxygens (including phenoxy) is 1. The maximum Gasteiger partial charge on any atom is 0.126 e. The summed E-state index contributed by atoms with van der Waals surface area (Å²) in [7, 11) is 2.32. The van der Waals surface area contributed by atoms with E-state index in [-0.39, 0.29) is 18.3 Å². The molecule has 14 heavy (non-hydrogen) atoms. The number of aromatic amines is 1. The van der Waals surface area contributed by atoms with E-state index >= 15 is 0 Å². The molecule has 5 atom stereocenters. The Hall–Kier alpha value is -0.440. The van der Waals surface area contributed by atoms with Gasteiger partial charge in [-0.1, -0.05) is 6.92 Å². The van der Waals surface area contributed by atoms with Gasteiger partial charge in [0, 0.05) is 21.6 Å². The number of rotatable bonds is 2. The molecular weight excluding hydrogens is 199 g/mol. The molecule has 1 aliphatic heterocycles. The Morgan fingerprint density at radius 1 is 1.57 bits per heavy atom. The van der Waals surface area contributed by atoms with E-state index < -0.39 is 0 Å². The first-order valence-corrected chi connectivity index (χ1v) is 5.21. The molecule has 0 amide bonds. The largest absolute Gasteiger partial charge is 0.366 e. The first kappa shape index (κ1) is 10.1. The number of aromatic nitrogens is 2. The Morgan fingerprint density at radius 3 is 2.93 bits per heavy atom. The van der Waals surface area contributed by atoms with E-state index in [0.29, 0.717) is 5.92 Å². The van der Waals surface area contributed by atoms with E-state index in [1.807, 2.05) is 6.07 Å². The Bertz CT molecular complexity index is 291. The smallest absolute Gasteiger partial charge is 0.126 e. The van der Waals surface area contributed by atoms with E-state index in [9.17, 15) is 0 Å². The van der Waals surface area contributed by atoms with Crippen molar-refractivity contribution in [2.24, 2.45) is 5.92 Å². The van der Waals surface area contributed by atoms with Crippen LogP contribution in [0.5, 0.6) is 0 Å². The monoisotopic (exact) mass is 214 g/mol. The maximum atomic E-state index is 5.81. The molecule has 1 fully saturated rings. The lowest BCUT2D eigenvalue weighted by molar-refractivity contribution is 0.0236. The normalized spacial score (nSPS) is 37.6. The van der Waals surface area contributed by atoms with Crippen LogP contribution >= 0.6 is 9.47 Å². The van der Waals surface area contributed by atoms with Crippen LogP contribution in [-0.4, -0.2) is 22.4 Å². The van der Waals surface area contributed by atoms with Crippen LogP contribution in [0.1, 0.15) is 25.6 Å². The third-order valence-electron chi connectivity index (χ3n) is 2.90. The second-order valence-corrected chi connectivity index (χ2v) is 4.01. The van der Waals surface area contributed by atoms with E-state index in [2.05, 4.69) is 33.5 Å². The van der Waals surface area contributed by atoms with Crippen molar-refractivity contribution in [1.82, 2.24) is 10.2 Å². The van der Waals surface area contributed by atoms with Gasteiger partial charge in [0.1, 0.15) is 6.10 Å². The molecule has 5 heteroatoms. The van der Waals surface area contributed by atoms with Crippen LogP contribution in [0.4, 0.5) is 0 Å². The SMILES string of the molecule is C[C@H]1[C@H](C)OC(c2ccn[nH]2)[C@H]1OP. The Balaban J connectivity index is 2.20. The number of hydrogen-bond acceptors (Lipinski definition) is 3. The van der Waals surface area contributed by atoms with Gasteiger partial charge in [-0.25, -0.2) is 0 Å². The lowest BCUT2D eigenvalue weighted by Gasteiger charge is -2.17. The summed E-state index contributed by atoms with van der Waals surface area (Å²) in [5.74, 6) is 0.390. The maximum absolute atomic E-state index is 5.81. The van der Waals surface area contributed by atoms with Gasteiger partial charge in [-0.15, -0.1) is 0 Å². The molecule has 1 aromatic heterocycles. The molecule has 1 aromatic rings. The Morgan fingerprint density at radius 2 is 2.36 bits per heavy atom. The number of nitrogens with one attached hydrogen (secondary N) is 1. The van der Waals surface area contributed by atoms with Gasteiger partial charge in [-0.05, 0) is 13.0 Å². The predicted molar refractivity (Wildman–Crippen MR) is 55.6 cm³/mol.